The van der Waals surface area contributed by atoms with E-state index >= 15 is 0 Å². The van der Waals surface area contributed by atoms with E-state index in [1.165, 1.54) is 22.3 Å². The van der Waals surface area contributed by atoms with E-state index in [4.69, 9.17) is 0 Å². The van der Waals surface area contributed by atoms with Crippen molar-refractivity contribution >= 4 is 0 Å². The van der Waals surface area contributed by atoms with Crippen molar-refractivity contribution in [3.63, 3.8) is 0 Å². The van der Waals surface area contributed by atoms with E-state index in [-0.39, 0.29) is 0 Å². The first-order valence-electron chi connectivity index (χ1n) is 7.39. The third kappa shape index (κ3) is 3.70. The zero-order valence-electron chi connectivity index (χ0n) is 13.0. The van der Waals surface area contributed by atoms with Crippen LogP contribution in [0.4, 0.5) is 0 Å². The summed E-state index contributed by atoms with van der Waals surface area (Å²) in [4.78, 5) is 0. The molecule has 20 heavy (non-hydrogen) atoms. The molecule has 0 fully saturated rings. The van der Waals surface area contributed by atoms with Crippen LogP contribution >= 0.6 is 0 Å². The van der Waals surface area contributed by atoms with E-state index in [0.29, 0.717) is 6.04 Å². The lowest BCUT2D eigenvalue weighted by atomic mass is 9.99. The van der Waals surface area contributed by atoms with Crippen molar-refractivity contribution < 1.29 is 0 Å². The topological polar surface area (TPSA) is 29.9 Å². The normalized spacial score (nSPS) is 12.6. The SMILES string of the molecule is CCCNC(Cn1cc(C)cn1)c1ccc(C)cc1C. The fourth-order valence-corrected chi connectivity index (χ4v) is 2.56. The van der Waals surface area contributed by atoms with Crippen molar-refractivity contribution in [1.82, 2.24) is 15.1 Å². The second-order valence-corrected chi connectivity index (χ2v) is 5.61. The molecule has 0 aliphatic carbocycles. The van der Waals surface area contributed by atoms with Gasteiger partial charge in [-0.05, 0) is 50.4 Å². The molecule has 0 saturated heterocycles. The van der Waals surface area contributed by atoms with E-state index in [9.17, 15) is 0 Å². The molecule has 0 amide bonds. The molecule has 108 valence electrons. The Kier molecular flexibility index (Phi) is 4.96. The predicted molar refractivity (Wildman–Crippen MR) is 83.9 cm³/mol. The van der Waals surface area contributed by atoms with E-state index < -0.39 is 0 Å². The van der Waals surface area contributed by atoms with Gasteiger partial charge in [0.2, 0.25) is 0 Å². The van der Waals surface area contributed by atoms with E-state index in [2.05, 4.69) is 62.5 Å². The van der Waals surface area contributed by atoms with Crippen LogP contribution in [0.5, 0.6) is 0 Å². The van der Waals surface area contributed by atoms with E-state index in [0.717, 1.165) is 19.5 Å². The molecule has 1 heterocycles. The van der Waals surface area contributed by atoms with Crippen LogP contribution in [-0.4, -0.2) is 16.3 Å². The van der Waals surface area contributed by atoms with Gasteiger partial charge in [0, 0.05) is 6.20 Å². The van der Waals surface area contributed by atoms with Gasteiger partial charge in [0.25, 0.3) is 0 Å². The highest BCUT2D eigenvalue weighted by molar-refractivity contribution is 5.32. The Morgan fingerprint density at radius 3 is 2.60 bits per heavy atom. The quantitative estimate of drug-likeness (QED) is 0.870. The highest BCUT2D eigenvalue weighted by Crippen LogP contribution is 2.20. The van der Waals surface area contributed by atoms with Gasteiger partial charge >= 0.3 is 0 Å². The van der Waals surface area contributed by atoms with Crippen LogP contribution in [0.25, 0.3) is 0 Å². The number of hydrogen-bond acceptors (Lipinski definition) is 2. The maximum atomic E-state index is 4.41. The Labute approximate surface area is 122 Å². The summed E-state index contributed by atoms with van der Waals surface area (Å²) in [6.07, 6.45) is 5.16. The van der Waals surface area contributed by atoms with Crippen molar-refractivity contribution in [3.05, 3.63) is 52.8 Å². The molecule has 0 saturated carbocycles. The third-order valence-electron chi connectivity index (χ3n) is 3.57. The van der Waals surface area contributed by atoms with Gasteiger partial charge in [0.15, 0.2) is 0 Å². The summed E-state index contributed by atoms with van der Waals surface area (Å²) in [6.45, 7) is 10.5. The van der Waals surface area contributed by atoms with Crippen molar-refractivity contribution in [2.75, 3.05) is 6.54 Å². The molecule has 1 aromatic carbocycles. The molecule has 1 aromatic heterocycles. The summed E-state index contributed by atoms with van der Waals surface area (Å²) in [5.41, 5.74) is 5.25. The fourth-order valence-electron chi connectivity index (χ4n) is 2.56. The molecule has 0 aliphatic rings. The fraction of sp³-hybridized carbons (Fsp3) is 0.471. The van der Waals surface area contributed by atoms with Crippen LogP contribution in [0, 0.1) is 20.8 Å². The minimum atomic E-state index is 0.315. The molecule has 1 atom stereocenters. The van der Waals surface area contributed by atoms with Crippen molar-refractivity contribution in [2.45, 2.75) is 46.7 Å². The number of nitrogens with one attached hydrogen (secondary N) is 1. The predicted octanol–water partition coefficient (Wildman–Crippen LogP) is 3.55. The Balaban J connectivity index is 2.22. The summed E-state index contributed by atoms with van der Waals surface area (Å²) in [5.74, 6) is 0. The second-order valence-electron chi connectivity index (χ2n) is 5.61. The Bertz CT molecular complexity index is 557. The summed E-state index contributed by atoms with van der Waals surface area (Å²) in [7, 11) is 0. The van der Waals surface area contributed by atoms with Crippen molar-refractivity contribution in [1.29, 1.82) is 0 Å². The van der Waals surface area contributed by atoms with Crippen LogP contribution in [0.2, 0.25) is 0 Å². The van der Waals surface area contributed by atoms with Crippen molar-refractivity contribution in [3.8, 4) is 0 Å². The first-order valence-corrected chi connectivity index (χ1v) is 7.39. The lowest BCUT2D eigenvalue weighted by molar-refractivity contribution is 0.437. The van der Waals surface area contributed by atoms with Gasteiger partial charge in [-0.3, -0.25) is 4.68 Å². The van der Waals surface area contributed by atoms with Gasteiger partial charge in [-0.1, -0.05) is 30.7 Å². The molecule has 0 spiro atoms. The average Bonchev–Trinajstić information content (AvgIpc) is 2.80. The van der Waals surface area contributed by atoms with Gasteiger partial charge in [0.05, 0.1) is 18.8 Å². The molecule has 3 heteroatoms. The molecule has 1 N–H and O–H groups in total. The number of aromatic nitrogens is 2. The number of hydrogen-bond donors (Lipinski definition) is 1. The molecule has 0 aliphatic heterocycles. The number of nitrogens with zero attached hydrogens (tertiary/aromatic N) is 2. The average molecular weight is 271 g/mol. The molecular weight excluding hydrogens is 246 g/mol. The van der Waals surface area contributed by atoms with Gasteiger partial charge in [-0.25, -0.2) is 0 Å². The second kappa shape index (κ2) is 6.71. The smallest absolute Gasteiger partial charge is 0.0604 e. The van der Waals surface area contributed by atoms with Gasteiger partial charge in [-0.15, -0.1) is 0 Å². The summed E-state index contributed by atoms with van der Waals surface area (Å²) < 4.78 is 2.03. The molecule has 3 nitrogen and oxygen atoms in total. The van der Waals surface area contributed by atoms with Crippen LogP contribution in [0.3, 0.4) is 0 Å². The lowest BCUT2D eigenvalue weighted by Crippen LogP contribution is -2.27. The molecule has 2 rings (SSSR count). The summed E-state index contributed by atoms with van der Waals surface area (Å²) in [6, 6.07) is 7.01. The highest BCUT2D eigenvalue weighted by atomic mass is 15.3. The minimum absolute atomic E-state index is 0.315. The number of rotatable bonds is 6. The molecular formula is C17H25N3. The van der Waals surface area contributed by atoms with Gasteiger partial charge < -0.3 is 5.32 Å². The standard InChI is InChI=1S/C17H25N3/c1-5-8-18-17(12-20-11-14(3)10-19-20)16-7-6-13(2)9-15(16)4/h6-7,9-11,17-18H,5,8,12H2,1-4H3. The molecule has 1 unspecified atom stereocenters. The number of benzene rings is 1. The van der Waals surface area contributed by atoms with Crippen LogP contribution in [0.1, 0.15) is 41.6 Å². The van der Waals surface area contributed by atoms with Crippen LogP contribution in [-0.2, 0) is 6.54 Å². The van der Waals surface area contributed by atoms with E-state index in [1.807, 2.05) is 10.9 Å². The monoisotopic (exact) mass is 271 g/mol. The first kappa shape index (κ1) is 14.8. The molecule has 0 bridgehead atoms. The minimum Gasteiger partial charge on any atom is -0.308 e. The lowest BCUT2D eigenvalue weighted by Gasteiger charge is -2.21. The summed E-state index contributed by atoms with van der Waals surface area (Å²) in [5, 5.41) is 8.06. The zero-order chi connectivity index (χ0) is 14.5. The third-order valence-corrected chi connectivity index (χ3v) is 3.57. The highest BCUT2D eigenvalue weighted by Gasteiger charge is 2.14. The maximum absolute atomic E-state index is 4.41. The number of aryl methyl sites for hydroxylation is 3. The molecule has 2 aromatic rings. The van der Waals surface area contributed by atoms with Gasteiger partial charge in [-0.2, -0.15) is 5.10 Å². The largest absolute Gasteiger partial charge is 0.308 e. The van der Waals surface area contributed by atoms with Crippen LogP contribution < -0.4 is 5.32 Å². The Morgan fingerprint density at radius 2 is 2.00 bits per heavy atom. The van der Waals surface area contributed by atoms with Gasteiger partial charge in [0.1, 0.15) is 0 Å². The van der Waals surface area contributed by atoms with E-state index in [1.54, 1.807) is 0 Å². The summed E-state index contributed by atoms with van der Waals surface area (Å²) >= 11 is 0. The van der Waals surface area contributed by atoms with Crippen molar-refractivity contribution in [2.24, 2.45) is 0 Å². The van der Waals surface area contributed by atoms with Crippen LogP contribution in [0.15, 0.2) is 30.6 Å². The first-order chi connectivity index (χ1) is 9.60. The Hall–Kier alpha value is -1.61. The Morgan fingerprint density at radius 1 is 1.20 bits per heavy atom. The maximum Gasteiger partial charge on any atom is 0.0604 e. The molecule has 0 radical (unpaired) electrons. The zero-order valence-corrected chi connectivity index (χ0v) is 13.0.